The van der Waals surface area contributed by atoms with Gasteiger partial charge in [0, 0.05) is 18.2 Å². The second-order valence-corrected chi connectivity index (χ2v) is 4.91. The zero-order valence-corrected chi connectivity index (χ0v) is 11.9. The van der Waals surface area contributed by atoms with E-state index in [-0.39, 0.29) is 12.1 Å². The Morgan fingerprint density at radius 1 is 1.24 bits per heavy atom. The van der Waals surface area contributed by atoms with E-state index in [2.05, 4.69) is 15.5 Å². The van der Waals surface area contributed by atoms with Crippen molar-refractivity contribution in [3.63, 3.8) is 0 Å². The number of aliphatic hydroxyl groups is 1. The van der Waals surface area contributed by atoms with E-state index in [1.54, 1.807) is 20.3 Å². The van der Waals surface area contributed by atoms with Gasteiger partial charge in [-0.2, -0.15) is 4.98 Å². The van der Waals surface area contributed by atoms with Crippen LogP contribution in [0.2, 0.25) is 0 Å². The topological polar surface area (TPSA) is 89.6 Å². The molecule has 1 aromatic carbocycles. The third-order valence-electron chi connectivity index (χ3n) is 3.46. The normalized spacial score (nSPS) is 21.5. The van der Waals surface area contributed by atoms with Gasteiger partial charge in [0.15, 0.2) is 0 Å². The fraction of sp³-hybridized carbons (Fsp3) is 0.429. The van der Waals surface area contributed by atoms with Crippen LogP contribution in [0.1, 0.15) is 18.4 Å². The molecule has 0 bridgehead atoms. The highest BCUT2D eigenvalue weighted by molar-refractivity contribution is 5.60. The minimum atomic E-state index is -0.373. The fourth-order valence-electron chi connectivity index (χ4n) is 2.34. The number of nitrogens with one attached hydrogen (secondary N) is 1. The van der Waals surface area contributed by atoms with E-state index in [1.165, 1.54) is 0 Å². The predicted octanol–water partition coefficient (Wildman–Crippen LogP) is 1.15. The Hall–Kier alpha value is -2.12. The summed E-state index contributed by atoms with van der Waals surface area (Å²) in [7, 11) is 3.17. The third-order valence-corrected chi connectivity index (χ3v) is 3.46. The average Bonchev–Trinajstić information content (AvgIpc) is 3.15. The molecule has 21 heavy (non-hydrogen) atoms. The lowest BCUT2D eigenvalue weighted by Gasteiger charge is -2.05. The van der Waals surface area contributed by atoms with Crippen molar-refractivity contribution in [3.8, 4) is 22.9 Å². The van der Waals surface area contributed by atoms with E-state index in [0.717, 1.165) is 5.56 Å². The number of benzene rings is 1. The van der Waals surface area contributed by atoms with Crippen molar-refractivity contribution >= 4 is 0 Å². The molecule has 2 heterocycles. The van der Waals surface area contributed by atoms with E-state index in [4.69, 9.17) is 14.0 Å². The van der Waals surface area contributed by atoms with Crippen LogP contribution in [0.15, 0.2) is 22.7 Å². The number of methoxy groups -OCH3 is 2. The summed E-state index contributed by atoms with van der Waals surface area (Å²) in [5.41, 5.74) is 0.750. The molecule has 2 N–H and O–H groups in total. The van der Waals surface area contributed by atoms with Crippen LogP contribution in [0, 0.1) is 0 Å². The molecule has 1 aliphatic rings. The molecule has 2 atom stereocenters. The average molecular weight is 291 g/mol. The first-order chi connectivity index (χ1) is 10.2. The second kappa shape index (κ2) is 5.71. The van der Waals surface area contributed by atoms with Crippen LogP contribution in [-0.4, -0.2) is 42.1 Å². The highest BCUT2D eigenvalue weighted by atomic mass is 16.5. The number of ether oxygens (including phenoxy) is 2. The van der Waals surface area contributed by atoms with Crippen LogP contribution >= 0.6 is 0 Å². The first-order valence-corrected chi connectivity index (χ1v) is 6.68. The number of aliphatic hydroxyl groups excluding tert-OH is 1. The number of aromatic nitrogens is 2. The molecule has 1 fully saturated rings. The van der Waals surface area contributed by atoms with Crippen molar-refractivity contribution in [3.05, 3.63) is 24.1 Å². The van der Waals surface area contributed by atoms with Crippen molar-refractivity contribution in [2.45, 2.75) is 18.6 Å². The van der Waals surface area contributed by atoms with E-state index < -0.39 is 0 Å². The summed E-state index contributed by atoms with van der Waals surface area (Å²) in [5, 5.41) is 16.7. The number of β-amino-alcohol motifs (C(OH)–C–C–N with tert-alkyl or cyclic N) is 1. The summed E-state index contributed by atoms with van der Waals surface area (Å²) in [5.74, 6) is 2.25. The Labute approximate surface area is 121 Å². The molecular formula is C14H17N3O4. The first-order valence-electron chi connectivity index (χ1n) is 6.68. The van der Waals surface area contributed by atoms with Gasteiger partial charge in [0.05, 0.1) is 26.4 Å². The summed E-state index contributed by atoms with van der Waals surface area (Å²) in [4.78, 5) is 4.39. The van der Waals surface area contributed by atoms with Crippen LogP contribution in [-0.2, 0) is 0 Å². The highest BCUT2D eigenvalue weighted by Gasteiger charge is 2.28. The van der Waals surface area contributed by atoms with Gasteiger partial charge >= 0.3 is 0 Å². The molecule has 3 rings (SSSR count). The Morgan fingerprint density at radius 3 is 2.52 bits per heavy atom. The van der Waals surface area contributed by atoms with Crippen molar-refractivity contribution < 1.29 is 19.1 Å². The monoisotopic (exact) mass is 291 g/mol. The maximum absolute atomic E-state index is 9.54. The lowest BCUT2D eigenvalue weighted by molar-refractivity contribution is 0.191. The Balaban J connectivity index is 1.89. The maximum Gasteiger partial charge on any atom is 0.244 e. The molecule has 1 aliphatic heterocycles. The zero-order chi connectivity index (χ0) is 14.8. The molecule has 1 aromatic heterocycles. The fourth-order valence-corrected chi connectivity index (χ4v) is 2.34. The van der Waals surface area contributed by atoms with Gasteiger partial charge in [0.1, 0.15) is 11.5 Å². The SMILES string of the molecule is COc1cc(OC)cc(-c2noc([C@@H]3C[C@H](O)CN3)n2)c1. The molecule has 0 aliphatic carbocycles. The quantitative estimate of drug-likeness (QED) is 0.873. The largest absolute Gasteiger partial charge is 0.497 e. The van der Waals surface area contributed by atoms with Gasteiger partial charge in [0.2, 0.25) is 11.7 Å². The van der Waals surface area contributed by atoms with Gasteiger partial charge in [-0.15, -0.1) is 0 Å². The van der Waals surface area contributed by atoms with Crippen LogP contribution < -0.4 is 14.8 Å². The van der Waals surface area contributed by atoms with Gasteiger partial charge in [-0.05, 0) is 18.6 Å². The predicted molar refractivity (Wildman–Crippen MR) is 74.2 cm³/mol. The minimum Gasteiger partial charge on any atom is -0.497 e. The van der Waals surface area contributed by atoms with Gasteiger partial charge in [-0.1, -0.05) is 5.16 Å². The summed E-state index contributed by atoms with van der Waals surface area (Å²) in [6.07, 6.45) is 0.200. The smallest absolute Gasteiger partial charge is 0.244 e. The van der Waals surface area contributed by atoms with Gasteiger partial charge < -0.3 is 24.4 Å². The van der Waals surface area contributed by atoms with Crippen molar-refractivity contribution in [1.29, 1.82) is 0 Å². The van der Waals surface area contributed by atoms with Gasteiger partial charge in [0.25, 0.3) is 0 Å². The Bertz CT molecular complexity index is 606. The van der Waals surface area contributed by atoms with Crippen LogP contribution in [0.5, 0.6) is 11.5 Å². The molecule has 7 nitrogen and oxygen atoms in total. The van der Waals surface area contributed by atoms with E-state index >= 15 is 0 Å². The standard InChI is InChI=1S/C14H17N3O4/c1-19-10-3-8(4-11(6-10)20-2)13-16-14(21-17-13)12-5-9(18)7-15-12/h3-4,6,9,12,15,18H,5,7H2,1-2H3/t9-,12-/m0/s1. The van der Waals surface area contributed by atoms with Gasteiger partial charge in [-0.3, -0.25) is 0 Å². The molecule has 1 saturated heterocycles. The lowest BCUT2D eigenvalue weighted by Crippen LogP contribution is -2.15. The van der Waals surface area contributed by atoms with E-state index in [1.807, 2.05) is 12.1 Å². The lowest BCUT2D eigenvalue weighted by atomic mass is 10.2. The minimum absolute atomic E-state index is 0.103. The zero-order valence-electron chi connectivity index (χ0n) is 11.9. The Morgan fingerprint density at radius 2 is 1.95 bits per heavy atom. The Kier molecular flexibility index (Phi) is 3.76. The van der Waals surface area contributed by atoms with E-state index in [0.29, 0.717) is 36.2 Å². The number of nitrogens with zero attached hydrogens (tertiary/aromatic N) is 2. The third kappa shape index (κ3) is 2.84. The molecule has 0 radical (unpaired) electrons. The van der Waals surface area contributed by atoms with Gasteiger partial charge in [-0.25, -0.2) is 0 Å². The molecule has 0 unspecified atom stereocenters. The van der Waals surface area contributed by atoms with Crippen LogP contribution in [0.4, 0.5) is 0 Å². The summed E-state index contributed by atoms with van der Waals surface area (Å²) >= 11 is 0. The molecular weight excluding hydrogens is 274 g/mol. The van der Waals surface area contributed by atoms with E-state index in [9.17, 15) is 5.11 Å². The maximum atomic E-state index is 9.54. The number of hydrogen-bond acceptors (Lipinski definition) is 7. The summed E-state index contributed by atoms with van der Waals surface area (Å²) in [6, 6.07) is 5.30. The molecule has 0 saturated carbocycles. The molecule has 112 valence electrons. The number of hydrogen-bond donors (Lipinski definition) is 2. The summed E-state index contributed by atoms with van der Waals surface area (Å²) in [6.45, 7) is 0.537. The van der Waals surface area contributed by atoms with Crippen LogP contribution in [0.25, 0.3) is 11.4 Å². The van der Waals surface area contributed by atoms with Crippen molar-refractivity contribution in [2.75, 3.05) is 20.8 Å². The van der Waals surface area contributed by atoms with Crippen molar-refractivity contribution in [1.82, 2.24) is 15.5 Å². The molecule has 0 amide bonds. The molecule has 0 spiro atoms. The first kappa shape index (κ1) is 13.8. The van der Waals surface area contributed by atoms with Crippen molar-refractivity contribution in [2.24, 2.45) is 0 Å². The molecule has 7 heteroatoms. The highest BCUT2D eigenvalue weighted by Crippen LogP contribution is 2.29. The summed E-state index contributed by atoms with van der Waals surface area (Å²) < 4.78 is 15.7. The number of rotatable bonds is 4. The molecule has 2 aromatic rings. The van der Waals surface area contributed by atoms with Crippen LogP contribution in [0.3, 0.4) is 0 Å². The second-order valence-electron chi connectivity index (χ2n) is 4.91.